The number of ether oxygens (including phenoxy) is 1. The number of hydrogen-bond donors (Lipinski definition) is 1. The van der Waals surface area contributed by atoms with Crippen LogP contribution in [0.4, 0.5) is 0 Å². The number of carbonyl (C=O) groups excluding carboxylic acids is 2. The van der Waals surface area contributed by atoms with E-state index in [0.717, 1.165) is 5.56 Å². The Balaban J connectivity index is 2.51. The predicted octanol–water partition coefficient (Wildman–Crippen LogP) is 2.11. The second kappa shape index (κ2) is 7.36. The third kappa shape index (κ3) is 5.38. The smallest absolute Gasteiger partial charge is 0.325 e. The molecule has 0 aliphatic carbocycles. The summed E-state index contributed by atoms with van der Waals surface area (Å²) in [6, 6.07) is 7.99. The van der Waals surface area contributed by atoms with Gasteiger partial charge < -0.3 is 10.1 Å². The van der Waals surface area contributed by atoms with Gasteiger partial charge in [-0.25, -0.2) is 0 Å². The Morgan fingerprint density at radius 2 is 1.89 bits per heavy atom. The maximum Gasteiger partial charge on any atom is 0.325 e. The lowest BCUT2D eigenvalue weighted by Crippen LogP contribution is -2.28. The highest BCUT2D eigenvalue weighted by Gasteiger charge is 2.01. The summed E-state index contributed by atoms with van der Waals surface area (Å²) in [5, 5.41) is 2.43. The number of hydrogen-bond acceptors (Lipinski definition) is 3. The van der Waals surface area contributed by atoms with E-state index < -0.39 is 5.97 Å². The number of methoxy groups -OCH3 is 1. The van der Waals surface area contributed by atoms with Crippen LogP contribution in [0.25, 0.3) is 6.08 Å². The highest BCUT2D eigenvalue weighted by Crippen LogP contribution is 2.15. The largest absolute Gasteiger partial charge is 0.468 e. The molecule has 0 aromatic heterocycles. The van der Waals surface area contributed by atoms with Crippen LogP contribution in [0.3, 0.4) is 0 Å². The van der Waals surface area contributed by atoms with Crippen molar-refractivity contribution in [2.45, 2.75) is 19.8 Å². The fourth-order valence-electron chi connectivity index (χ4n) is 1.45. The van der Waals surface area contributed by atoms with Gasteiger partial charge in [0.05, 0.1) is 7.11 Å². The number of rotatable bonds is 5. The fourth-order valence-corrected chi connectivity index (χ4v) is 1.45. The van der Waals surface area contributed by atoms with E-state index in [9.17, 15) is 9.59 Å². The molecule has 0 bridgehead atoms. The molecular formula is C15H19NO3. The molecule has 0 heterocycles. The highest BCUT2D eigenvalue weighted by atomic mass is 16.5. The molecule has 0 atom stereocenters. The van der Waals surface area contributed by atoms with Crippen molar-refractivity contribution in [3.8, 4) is 0 Å². The summed E-state index contributed by atoms with van der Waals surface area (Å²) in [5.41, 5.74) is 2.20. The molecule has 102 valence electrons. The Hall–Kier alpha value is -2.10. The molecule has 0 aliphatic rings. The van der Waals surface area contributed by atoms with Gasteiger partial charge in [-0.05, 0) is 23.1 Å². The maximum atomic E-state index is 11.4. The number of benzene rings is 1. The fraction of sp³-hybridized carbons (Fsp3) is 0.333. The average Bonchev–Trinajstić information content (AvgIpc) is 2.42. The van der Waals surface area contributed by atoms with Crippen LogP contribution in [0.1, 0.15) is 30.9 Å². The SMILES string of the molecule is COC(=O)CNC(=O)/C=C/c1ccc(C(C)C)cc1. The summed E-state index contributed by atoms with van der Waals surface area (Å²) in [4.78, 5) is 22.2. The van der Waals surface area contributed by atoms with Gasteiger partial charge in [-0.2, -0.15) is 0 Å². The topological polar surface area (TPSA) is 55.4 Å². The Morgan fingerprint density at radius 3 is 2.42 bits per heavy atom. The normalized spacial score (nSPS) is 10.7. The first-order chi connectivity index (χ1) is 9.02. The second-order valence-corrected chi connectivity index (χ2v) is 4.45. The van der Waals surface area contributed by atoms with E-state index in [1.165, 1.54) is 18.7 Å². The quantitative estimate of drug-likeness (QED) is 0.652. The zero-order chi connectivity index (χ0) is 14.3. The molecule has 0 saturated heterocycles. The van der Waals surface area contributed by atoms with Crippen molar-refractivity contribution < 1.29 is 14.3 Å². The summed E-state index contributed by atoms with van der Waals surface area (Å²) in [6.45, 7) is 4.14. The van der Waals surface area contributed by atoms with Crippen LogP contribution in [0.15, 0.2) is 30.3 Å². The summed E-state index contributed by atoms with van der Waals surface area (Å²) >= 11 is 0. The summed E-state index contributed by atoms with van der Waals surface area (Å²) in [7, 11) is 1.28. The van der Waals surface area contributed by atoms with Gasteiger partial charge in [0.1, 0.15) is 6.54 Å². The van der Waals surface area contributed by atoms with Crippen LogP contribution >= 0.6 is 0 Å². The zero-order valence-electron chi connectivity index (χ0n) is 11.5. The van der Waals surface area contributed by atoms with Gasteiger partial charge in [0.25, 0.3) is 0 Å². The second-order valence-electron chi connectivity index (χ2n) is 4.45. The third-order valence-electron chi connectivity index (χ3n) is 2.66. The van der Waals surface area contributed by atoms with Gasteiger partial charge in [-0.15, -0.1) is 0 Å². The summed E-state index contributed by atoms with van der Waals surface area (Å²) in [6.07, 6.45) is 3.10. The molecule has 1 rings (SSSR count). The lowest BCUT2D eigenvalue weighted by molar-refractivity contribution is -0.140. The van der Waals surface area contributed by atoms with Gasteiger partial charge in [0.2, 0.25) is 5.91 Å². The van der Waals surface area contributed by atoms with Gasteiger partial charge in [0, 0.05) is 6.08 Å². The molecule has 0 saturated carbocycles. The van der Waals surface area contributed by atoms with Crippen LogP contribution in [-0.4, -0.2) is 25.5 Å². The van der Waals surface area contributed by atoms with Gasteiger partial charge >= 0.3 is 5.97 Å². The number of nitrogens with one attached hydrogen (secondary N) is 1. The molecule has 1 amide bonds. The van der Waals surface area contributed by atoms with Gasteiger partial charge in [-0.3, -0.25) is 9.59 Å². The molecule has 0 unspecified atom stereocenters. The Bertz CT molecular complexity index is 461. The van der Waals surface area contributed by atoms with Crippen molar-refractivity contribution >= 4 is 18.0 Å². The van der Waals surface area contributed by atoms with Crippen LogP contribution in [0.2, 0.25) is 0 Å². The molecule has 0 fully saturated rings. The molecule has 4 nitrogen and oxygen atoms in total. The van der Waals surface area contributed by atoms with E-state index >= 15 is 0 Å². The molecule has 0 aliphatic heterocycles. The van der Waals surface area contributed by atoms with E-state index in [2.05, 4.69) is 23.9 Å². The van der Waals surface area contributed by atoms with E-state index in [-0.39, 0.29) is 12.5 Å². The standard InChI is InChI=1S/C15H19NO3/c1-11(2)13-7-4-12(5-8-13)6-9-14(17)16-10-15(18)19-3/h4-9,11H,10H2,1-3H3,(H,16,17)/b9-6+. The van der Waals surface area contributed by atoms with Crippen molar-refractivity contribution in [2.75, 3.05) is 13.7 Å². The van der Waals surface area contributed by atoms with E-state index in [1.54, 1.807) is 6.08 Å². The first kappa shape index (κ1) is 15.0. The average molecular weight is 261 g/mol. The Kier molecular flexibility index (Phi) is 5.79. The Morgan fingerprint density at radius 1 is 1.26 bits per heavy atom. The Labute approximate surface area is 113 Å². The van der Waals surface area contributed by atoms with Crippen LogP contribution in [0, 0.1) is 0 Å². The minimum Gasteiger partial charge on any atom is -0.468 e. The highest BCUT2D eigenvalue weighted by molar-refractivity contribution is 5.93. The molecular weight excluding hydrogens is 242 g/mol. The zero-order valence-corrected chi connectivity index (χ0v) is 11.5. The third-order valence-corrected chi connectivity index (χ3v) is 2.66. The lowest BCUT2D eigenvalue weighted by Gasteiger charge is -2.04. The van der Waals surface area contributed by atoms with Crippen LogP contribution < -0.4 is 5.32 Å². The minimum absolute atomic E-state index is 0.119. The first-order valence-corrected chi connectivity index (χ1v) is 6.15. The van der Waals surface area contributed by atoms with Crippen LogP contribution in [-0.2, 0) is 14.3 Å². The van der Waals surface area contributed by atoms with Crippen molar-refractivity contribution in [1.82, 2.24) is 5.32 Å². The van der Waals surface area contributed by atoms with E-state index in [1.807, 2.05) is 24.3 Å². The molecule has 1 N–H and O–H groups in total. The van der Waals surface area contributed by atoms with Gasteiger partial charge in [0.15, 0.2) is 0 Å². The summed E-state index contributed by atoms with van der Waals surface area (Å²) < 4.78 is 4.42. The van der Waals surface area contributed by atoms with E-state index in [0.29, 0.717) is 5.92 Å². The van der Waals surface area contributed by atoms with Crippen molar-refractivity contribution in [3.63, 3.8) is 0 Å². The number of amides is 1. The van der Waals surface area contributed by atoms with Crippen molar-refractivity contribution in [1.29, 1.82) is 0 Å². The van der Waals surface area contributed by atoms with E-state index in [4.69, 9.17) is 0 Å². The number of esters is 1. The summed E-state index contributed by atoms with van der Waals surface area (Å²) in [5.74, 6) is -0.303. The minimum atomic E-state index is -0.469. The monoisotopic (exact) mass is 261 g/mol. The van der Waals surface area contributed by atoms with Gasteiger partial charge in [-0.1, -0.05) is 38.1 Å². The lowest BCUT2D eigenvalue weighted by atomic mass is 10.0. The molecule has 1 aromatic rings. The molecule has 0 spiro atoms. The first-order valence-electron chi connectivity index (χ1n) is 6.15. The van der Waals surface area contributed by atoms with Crippen molar-refractivity contribution in [2.24, 2.45) is 0 Å². The predicted molar refractivity (Wildman–Crippen MR) is 74.6 cm³/mol. The maximum absolute atomic E-state index is 11.4. The number of carbonyl (C=O) groups is 2. The van der Waals surface area contributed by atoms with Crippen molar-refractivity contribution in [3.05, 3.63) is 41.5 Å². The molecule has 19 heavy (non-hydrogen) atoms. The molecule has 4 heteroatoms. The molecule has 0 radical (unpaired) electrons. The van der Waals surface area contributed by atoms with Crippen LogP contribution in [0.5, 0.6) is 0 Å². The molecule has 1 aromatic carbocycles.